The van der Waals surface area contributed by atoms with Gasteiger partial charge in [-0.25, -0.2) is 0 Å². The van der Waals surface area contributed by atoms with Crippen molar-refractivity contribution in [1.82, 2.24) is 4.90 Å². The first-order valence-corrected chi connectivity index (χ1v) is 12.7. The molecular formula is C27H35N3O9. The Hall–Kier alpha value is -3.45. The van der Waals surface area contributed by atoms with Crippen molar-refractivity contribution in [3.05, 3.63) is 39.7 Å². The first-order valence-electron chi connectivity index (χ1n) is 12.7. The SMILES string of the molecule is CCCOCc1cc(N(C)C)c2c(c1O)C(O)=C1C(=O)[C@]3(O)C(O)=C(C(N)=O)C(=O)[C@@H](N(C)C)[C@@H]3[C@@H](O)[C@@H]1C2. The first kappa shape index (κ1) is 28.6. The summed E-state index contributed by atoms with van der Waals surface area (Å²) in [5.74, 6) is -8.45. The molecule has 3 aliphatic carbocycles. The minimum Gasteiger partial charge on any atom is -0.508 e. The van der Waals surface area contributed by atoms with E-state index in [0.717, 1.165) is 6.42 Å². The molecule has 0 unspecified atom stereocenters. The highest BCUT2D eigenvalue weighted by molar-refractivity contribution is 6.24. The average molecular weight is 546 g/mol. The van der Waals surface area contributed by atoms with Gasteiger partial charge >= 0.3 is 0 Å². The van der Waals surface area contributed by atoms with E-state index in [1.807, 2.05) is 6.92 Å². The van der Waals surface area contributed by atoms with Gasteiger partial charge in [-0.3, -0.25) is 19.3 Å². The van der Waals surface area contributed by atoms with Gasteiger partial charge in [-0.1, -0.05) is 6.92 Å². The zero-order chi connectivity index (χ0) is 29.1. The molecule has 12 heteroatoms. The number of fused-ring (bicyclic) bond motifs is 3. The number of phenolic OH excluding ortho intramolecular Hbond substituents is 1. The molecule has 1 fully saturated rings. The Kier molecular flexibility index (Phi) is 7.28. The van der Waals surface area contributed by atoms with Crippen molar-refractivity contribution in [2.75, 3.05) is 39.7 Å². The number of carbonyl (C=O) groups is 3. The van der Waals surface area contributed by atoms with Crippen LogP contribution in [0.3, 0.4) is 0 Å². The van der Waals surface area contributed by atoms with Gasteiger partial charge in [0.1, 0.15) is 22.8 Å². The number of nitrogens with two attached hydrogens (primary N) is 1. The maximum atomic E-state index is 14.0. The van der Waals surface area contributed by atoms with Crippen molar-refractivity contribution in [3.8, 4) is 5.75 Å². The lowest BCUT2D eigenvalue weighted by atomic mass is 9.56. The van der Waals surface area contributed by atoms with Gasteiger partial charge in [-0.2, -0.15) is 0 Å². The number of ether oxygens (including phenoxy) is 1. The van der Waals surface area contributed by atoms with Crippen LogP contribution in [0.5, 0.6) is 5.75 Å². The van der Waals surface area contributed by atoms with Crippen molar-refractivity contribution in [2.45, 2.75) is 44.1 Å². The molecule has 0 heterocycles. The Labute approximate surface area is 225 Å². The Morgan fingerprint density at radius 2 is 1.82 bits per heavy atom. The number of carbonyl (C=O) groups excluding carboxylic acids is 3. The zero-order valence-electron chi connectivity index (χ0n) is 22.6. The summed E-state index contributed by atoms with van der Waals surface area (Å²) in [7, 11) is 6.45. The van der Waals surface area contributed by atoms with Crippen LogP contribution in [0.15, 0.2) is 23.0 Å². The van der Waals surface area contributed by atoms with Gasteiger partial charge in [0, 0.05) is 43.4 Å². The van der Waals surface area contributed by atoms with Gasteiger partial charge in [0.15, 0.2) is 11.4 Å². The van der Waals surface area contributed by atoms with Crippen LogP contribution < -0.4 is 10.6 Å². The minimum absolute atomic E-state index is 0.0283. The number of Topliss-reactive ketones (excluding diaryl/α,β-unsaturated/α-hetero) is 2. The number of nitrogens with zero attached hydrogens (tertiary/aromatic N) is 2. The predicted molar refractivity (Wildman–Crippen MR) is 140 cm³/mol. The van der Waals surface area contributed by atoms with Crippen LogP contribution in [0.1, 0.15) is 30.0 Å². The van der Waals surface area contributed by atoms with Gasteiger partial charge < -0.3 is 40.9 Å². The van der Waals surface area contributed by atoms with E-state index in [1.54, 1.807) is 25.1 Å². The monoisotopic (exact) mass is 545 g/mol. The number of phenols is 1. The van der Waals surface area contributed by atoms with Crippen LogP contribution in [-0.2, 0) is 32.1 Å². The molecule has 7 N–H and O–H groups in total. The van der Waals surface area contributed by atoms with Crippen molar-refractivity contribution < 1.29 is 44.7 Å². The third-order valence-electron chi connectivity index (χ3n) is 7.95. The number of likely N-dealkylation sites (N-methyl/N-ethyl adjacent to an activating group) is 1. The van der Waals surface area contributed by atoms with Gasteiger partial charge in [0.2, 0.25) is 5.78 Å². The number of benzene rings is 1. The summed E-state index contributed by atoms with van der Waals surface area (Å²) in [6, 6.07) is 0.313. The van der Waals surface area contributed by atoms with Crippen molar-refractivity contribution in [2.24, 2.45) is 17.6 Å². The number of hydrogen-bond donors (Lipinski definition) is 6. The normalized spacial score (nSPS) is 28.4. The molecule has 0 spiro atoms. The topological polar surface area (TPSA) is 194 Å². The third kappa shape index (κ3) is 4.01. The molecular weight excluding hydrogens is 510 g/mol. The summed E-state index contributed by atoms with van der Waals surface area (Å²) >= 11 is 0. The highest BCUT2D eigenvalue weighted by Crippen LogP contribution is 2.54. The number of amides is 1. The maximum Gasteiger partial charge on any atom is 0.255 e. The summed E-state index contributed by atoms with van der Waals surface area (Å²) in [5, 5.41) is 56.9. The van der Waals surface area contributed by atoms with Gasteiger partial charge in [0.05, 0.1) is 30.2 Å². The van der Waals surface area contributed by atoms with Crippen LogP contribution in [0, 0.1) is 11.8 Å². The lowest BCUT2D eigenvalue weighted by molar-refractivity contribution is -0.168. The number of hydrogen-bond acceptors (Lipinski definition) is 11. The fourth-order valence-electron chi connectivity index (χ4n) is 6.20. The number of rotatable bonds is 7. The standard InChI is InChI=1S/C27H35N3O9/c1-6-7-39-10-11-8-14(29(2)3)12-9-13-16(22(33)15(12)20(11)31)24(35)27(38)18(21(13)32)19(30(4)5)23(34)17(25(27)36)26(28)37/h8,13,18-19,21,31-33,36,38H,6-7,9-10H2,1-5H3,(H2,28,37)/t13-,18-,19+,21+,27+/m1/s1. The molecule has 3 aliphatic rings. The fourth-order valence-corrected chi connectivity index (χ4v) is 6.20. The highest BCUT2D eigenvalue weighted by atomic mass is 16.5. The van der Waals surface area contributed by atoms with Crippen molar-refractivity contribution in [3.63, 3.8) is 0 Å². The van der Waals surface area contributed by atoms with E-state index >= 15 is 0 Å². The van der Waals surface area contributed by atoms with Crippen LogP contribution in [-0.4, -0.2) is 100 Å². The average Bonchev–Trinajstić information content (AvgIpc) is 2.84. The molecule has 0 aromatic heterocycles. The first-order chi connectivity index (χ1) is 18.2. The Balaban J connectivity index is 2.00. The summed E-state index contributed by atoms with van der Waals surface area (Å²) in [5.41, 5.74) is 2.36. The molecule has 39 heavy (non-hydrogen) atoms. The molecule has 1 saturated carbocycles. The summed E-state index contributed by atoms with van der Waals surface area (Å²) in [4.78, 5) is 42.4. The molecule has 4 rings (SSSR count). The summed E-state index contributed by atoms with van der Waals surface area (Å²) < 4.78 is 5.59. The van der Waals surface area contributed by atoms with Gasteiger partial charge in [-0.15, -0.1) is 0 Å². The lowest BCUT2D eigenvalue weighted by Gasteiger charge is -2.52. The Morgan fingerprint density at radius 1 is 1.18 bits per heavy atom. The highest BCUT2D eigenvalue weighted by Gasteiger charge is 2.67. The van der Waals surface area contributed by atoms with Crippen LogP contribution in [0.25, 0.3) is 5.76 Å². The van der Waals surface area contributed by atoms with Gasteiger partial charge in [0.25, 0.3) is 5.91 Å². The number of aliphatic hydroxyl groups is 4. The molecule has 0 radical (unpaired) electrons. The smallest absolute Gasteiger partial charge is 0.255 e. The molecule has 212 valence electrons. The van der Waals surface area contributed by atoms with Crippen LogP contribution >= 0.6 is 0 Å². The van der Waals surface area contributed by atoms with E-state index in [4.69, 9.17) is 10.5 Å². The van der Waals surface area contributed by atoms with Gasteiger partial charge in [-0.05, 0) is 38.6 Å². The third-order valence-corrected chi connectivity index (χ3v) is 7.95. The fraction of sp³-hybridized carbons (Fsp3) is 0.519. The van der Waals surface area contributed by atoms with E-state index in [0.29, 0.717) is 23.4 Å². The number of ketones is 2. The molecule has 1 aromatic carbocycles. The van der Waals surface area contributed by atoms with E-state index in [1.165, 1.54) is 19.0 Å². The zero-order valence-corrected chi connectivity index (χ0v) is 22.6. The quantitative estimate of drug-likeness (QED) is 0.198. The van der Waals surface area contributed by atoms with E-state index in [9.17, 15) is 39.9 Å². The number of aromatic hydroxyl groups is 1. The molecule has 0 aliphatic heterocycles. The van der Waals surface area contributed by atoms with Crippen LogP contribution in [0.2, 0.25) is 0 Å². The van der Waals surface area contributed by atoms with Crippen molar-refractivity contribution >= 4 is 28.9 Å². The van der Waals surface area contributed by atoms with E-state index in [2.05, 4.69) is 0 Å². The number of primary amides is 1. The number of anilines is 1. The second kappa shape index (κ2) is 9.94. The second-order valence-corrected chi connectivity index (χ2v) is 10.7. The Bertz CT molecular complexity index is 1320. The summed E-state index contributed by atoms with van der Waals surface area (Å²) in [6.07, 6.45) is -0.918. The second-order valence-electron chi connectivity index (χ2n) is 10.7. The van der Waals surface area contributed by atoms with E-state index < -0.39 is 69.7 Å². The largest absolute Gasteiger partial charge is 0.508 e. The van der Waals surface area contributed by atoms with E-state index in [-0.39, 0.29) is 24.3 Å². The minimum atomic E-state index is -2.94. The van der Waals surface area contributed by atoms with Crippen molar-refractivity contribution in [1.29, 1.82) is 0 Å². The summed E-state index contributed by atoms with van der Waals surface area (Å²) in [6.45, 7) is 2.39. The van der Waals surface area contributed by atoms with Crippen LogP contribution in [0.4, 0.5) is 5.69 Å². The molecule has 0 saturated heterocycles. The Morgan fingerprint density at radius 3 is 2.36 bits per heavy atom. The molecule has 1 amide bonds. The molecule has 5 atom stereocenters. The maximum absolute atomic E-state index is 14.0. The lowest BCUT2D eigenvalue weighted by Crippen LogP contribution is -2.70. The number of aliphatic hydroxyl groups excluding tert-OH is 3. The molecule has 12 nitrogen and oxygen atoms in total. The molecule has 1 aromatic rings. The molecule has 0 bridgehead atoms. The predicted octanol–water partition coefficient (Wildman–Crippen LogP) is -0.0726.